The Hall–Kier alpha value is -6.40. The minimum absolute atomic E-state index is 1.33. The molecular weight excluding hydrogens is 1190 g/mol. The zero-order valence-corrected chi connectivity index (χ0v) is 36.1. The van der Waals surface area contributed by atoms with E-state index in [-0.39, 0.29) is 0 Å². The summed E-state index contributed by atoms with van der Waals surface area (Å²) in [6, 6.07) is 10.4. The minimum Gasteiger partial charge on any atom is -0.307 e. The van der Waals surface area contributed by atoms with E-state index in [2.05, 4.69) is 38.4 Å². The van der Waals surface area contributed by atoms with Crippen LogP contribution < -0.4 is 26.8 Å². The zero-order chi connectivity index (χ0) is 61.0. The number of hydrogen-bond donors (Lipinski definition) is 1. The second-order valence-corrected chi connectivity index (χ2v) is 15.6. The van der Waals surface area contributed by atoms with Crippen molar-refractivity contribution in [1.82, 2.24) is 0 Å². The Morgan fingerprint density at radius 1 is 0.244 bits per heavy atom. The van der Waals surface area contributed by atoms with Gasteiger partial charge in [0.05, 0.1) is 14.1 Å². The van der Waals surface area contributed by atoms with Gasteiger partial charge in [0.25, 0.3) is 0 Å². The van der Waals surface area contributed by atoms with Crippen molar-refractivity contribution in [2.24, 2.45) is 0 Å². The molecule has 1 nitrogen and oxygen atoms in total. The second kappa shape index (κ2) is 20.1. The molecule has 0 fully saturated rings. The van der Waals surface area contributed by atoms with Crippen LogP contribution in [-0.2, 0) is 49.4 Å². The lowest BCUT2D eigenvalue weighted by atomic mass is 9.12. The van der Waals surface area contributed by atoms with Crippen LogP contribution in [0.3, 0.4) is 0 Å². The molecule has 0 saturated heterocycles. The van der Waals surface area contributed by atoms with Crippen molar-refractivity contribution in [1.29, 1.82) is 0 Å². The van der Waals surface area contributed by atoms with E-state index in [1.54, 1.807) is 0 Å². The summed E-state index contributed by atoms with van der Waals surface area (Å²) in [5, 5.41) is 0. The molecule has 0 aliphatic heterocycles. The van der Waals surface area contributed by atoms with Gasteiger partial charge in [-0.25, -0.2) is 52.7 Å². The molecule has 0 aliphatic rings. The van der Waals surface area contributed by atoms with E-state index >= 15 is 52.7 Å². The van der Waals surface area contributed by atoms with E-state index in [1.807, 2.05) is 6.07 Å². The highest BCUT2D eigenvalue weighted by Gasteiger charge is 2.61. The first kappa shape index (κ1) is 64.1. The van der Waals surface area contributed by atoms with Crippen LogP contribution in [0.1, 0.15) is 44.5 Å². The van der Waals surface area contributed by atoms with Gasteiger partial charge in [-0.05, 0) is 12.1 Å². The average Bonchev–Trinajstić information content (AvgIpc) is 3.16. The normalized spacial score (nSPS) is 13.6. The van der Waals surface area contributed by atoms with Crippen LogP contribution in [0.4, 0.5) is 164 Å². The molecule has 0 atom stereocenters. The highest BCUT2D eigenvalue weighted by atomic mass is 19.4. The molecule has 0 amide bonds. The molecule has 38 heteroatoms. The summed E-state index contributed by atoms with van der Waals surface area (Å²) in [4.78, 5) is 1.37. The fourth-order valence-electron chi connectivity index (χ4n) is 7.88. The standard InChI is InChI=1S/C32BF36.C8H11N/c34-13-1(25(46,47)48)17(38)9(18(39)2(13)26(49,50)51)33(10-19(40)3(27(52,53)54)14(35)4(20(10)41)28(55,56)57,11-21(42)5(29(58,59)60)15(36)6(22(11)43)30(61,62)63)12-23(44)7(31(64,65)66)16(37)8(24(12)45)32(67,68)69;1-9(2)8-6-4-3-5-7-8/h;3-7H,1-2H3/q-1;/p+1. The third-order valence-electron chi connectivity index (χ3n) is 10.8. The Morgan fingerprint density at radius 2 is 0.385 bits per heavy atom. The lowest BCUT2D eigenvalue weighted by molar-refractivity contribution is -0.786. The lowest BCUT2D eigenvalue weighted by Gasteiger charge is -2.47. The minimum atomic E-state index is -9.72. The van der Waals surface area contributed by atoms with Crippen molar-refractivity contribution in [2.45, 2.75) is 49.4 Å². The van der Waals surface area contributed by atoms with Crippen LogP contribution in [0.15, 0.2) is 30.3 Å². The molecular formula is C40H12BF36N. The number of rotatable bonds is 5. The van der Waals surface area contributed by atoms with Crippen LogP contribution >= 0.6 is 0 Å². The molecule has 5 aromatic carbocycles. The number of halogens is 36. The maximum Gasteiger partial charge on any atom is 0.421 e. The van der Waals surface area contributed by atoms with E-state index in [0.29, 0.717) is 0 Å². The Balaban J connectivity index is 0.00000132. The zero-order valence-electron chi connectivity index (χ0n) is 36.1. The van der Waals surface area contributed by atoms with Gasteiger partial charge in [0.15, 0.2) is 23.3 Å². The van der Waals surface area contributed by atoms with Crippen molar-refractivity contribution in [2.75, 3.05) is 14.1 Å². The van der Waals surface area contributed by atoms with E-state index in [0.717, 1.165) is 0 Å². The molecule has 0 aromatic heterocycles. The Morgan fingerprint density at radius 3 is 0.487 bits per heavy atom. The Labute approximate surface area is 405 Å². The van der Waals surface area contributed by atoms with Crippen LogP contribution in [0, 0.1) is 69.8 Å². The lowest BCUT2D eigenvalue weighted by Crippen LogP contribution is -3.00. The van der Waals surface area contributed by atoms with Crippen LogP contribution in [0.2, 0.25) is 0 Å². The average molecular weight is 1200 g/mol. The highest BCUT2D eigenvalue weighted by Crippen LogP contribution is 2.49. The van der Waals surface area contributed by atoms with Gasteiger partial charge in [0.2, 0.25) is 0 Å². The molecule has 1 N–H and O–H groups in total. The van der Waals surface area contributed by atoms with E-state index in [1.165, 1.54) is 10.6 Å². The van der Waals surface area contributed by atoms with Crippen molar-refractivity contribution in [3.63, 3.8) is 0 Å². The number of quaternary nitrogens is 1. The third-order valence-corrected chi connectivity index (χ3v) is 10.8. The summed E-state index contributed by atoms with van der Waals surface area (Å²) >= 11 is 0. The second-order valence-electron chi connectivity index (χ2n) is 15.6. The first-order valence-corrected chi connectivity index (χ1v) is 19.1. The van der Waals surface area contributed by atoms with Crippen molar-refractivity contribution >= 4 is 33.7 Å². The molecule has 0 heterocycles. The predicted molar refractivity (Wildman–Crippen MR) is 188 cm³/mol. The fraction of sp³-hybridized carbons (Fsp3) is 0.250. The van der Waals surface area contributed by atoms with Gasteiger partial charge in [-0.2, -0.15) is 105 Å². The largest absolute Gasteiger partial charge is 0.421 e. The predicted octanol–water partition coefficient (Wildman–Crippen LogP) is 13.3. The molecule has 0 unspecified atom stereocenters. The molecule has 0 radical (unpaired) electrons. The SMILES string of the molecule is C[NH+](C)c1ccccc1.Fc1c([B-](c2c(F)c(C(F)(F)F)c(F)c(C(F)(F)F)c2F)(c2c(F)c(C(F)(F)F)c(F)c(C(F)(F)F)c2F)c2c(F)c(C(F)(F)F)c(F)c(C(F)(F)F)c2F)c(F)c(C(F)(F)F)c(F)c1C(F)(F)F. The summed E-state index contributed by atoms with van der Waals surface area (Å²) < 4.78 is 536. The maximum atomic E-state index is 16.6. The quantitative estimate of drug-likeness (QED) is 0.132. The van der Waals surface area contributed by atoms with Gasteiger partial charge < -0.3 is 4.90 Å². The van der Waals surface area contributed by atoms with Gasteiger partial charge in [-0.1, -0.05) is 18.2 Å². The summed E-state index contributed by atoms with van der Waals surface area (Å²) in [7, 11) is 4.24. The number of para-hydroxylation sites is 1. The topological polar surface area (TPSA) is 4.44 Å². The van der Waals surface area contributed by atoms with Gasteiger partial charge in [-0.3, -0.25) is 0 Å². The van der Waals surface area contributed by atoms with Gasteiger partial charge in [0, 0.05) is 0 Å². The van der Waals surface area contributed by atoms with E-state index in [4.69, 9.17) is 0 Å². The molecule has 0 bridgehead atoms. The molecule has 0 aliphatic carbocycles. The molecule has 78 heavy (non-hydrogen) atoms. The summed E-state index contributed by atoms with van der Waals surface area (Å²) in [5.74, 6) is -62.4. The van der Waals surface area contributed by atoms with Crippen molar-refractivity contribution < 1.29 is 163 Å². The number of nitrogens with one attached hydrogen (secondary N) is 1. The summed E-state index contributed by atoms with van der Waals surface area (Å²) in [6.07, 6.45) is -72.5. The fourth-order valence-corrected chi connectivity index (χ4v) is 7.88. The first-order valence-electron chi connectivity index (χ1n) is 19.1. The first-order chi connectivity index (χ1) is 34.7. The van der Waals surface area contributed by atoms with Gasteiger partial charge in [0.1, 0.15) is 103 Å². The number of hydrogen-bond acceptors (Lipinski definition) is 0. The van der Waals surface area contributed by atoms with Gasteiger partial charge in [-0.15, -0.1) is 21.9 Å². The molecule has 5 aromatic rings. The highest BCUT2D eigenvalue weighted by molar-refractivity contribution is 7.20. The summed E-state index contributed by atoms with van der Waals surface area (Å²) in [6.45, 7) is 0. The number of benzene rings is 5. The Bertz CT molecular complexity index is 2600. The van der Waals surface area contributed by atoms with Crippen molar-refractivity contribution in [3.8, 4) is 0 Å². The number of alkyl halides is 24. The van der Waals surface area contributed by atoms with E-state index < -0.39 is 192 Å². The molecule has 5 rings (SSSR count). The molecule has 0 saturated carbocycles. The summed E-state index contributed by atoms with van der Waals surface area (Å²) in [5.41, 5.74) is -61.1. The third kappa shape index (κ3) is 10.9. The molecule has 432 valence electrons. The van der Waals surface area contributed by atoms with Crippen LogP contribution in [0.25, 0.3) is 0 Å². The van der Waals surface area contributed by atoms with Crippen LogP contribution in [-0.4, -0.2) is 20.2 Å². The van der Waals surface area contributed by atoms with Crippen LogP contribution in [0.5, 0.6) is 0 Å². The maximum absolute atomic E-state index is 16.6. The monoisotopic (exact) mass is 1200 g/mol. The van der Waals surface area contributed by atoms with E-state index in [9.17, 15) is 105 Å². The Kier molecular flexibility index (Phi) is 16.5. The molecule has 0 spiro atoms. The smallest absolute Gasteiger partial charge is 0.307 e. The van der Waals surface area contributed by atoms with Crippen molar-refractivity contribution in [3.05, 3.63) is 145 Å². The van der Waals surface area contributed by atoms with Gasteiger partial charge >= 0.3 is 49.4 Å².